The smallest absolute Gasteiger partial charge is 0.330 e. The number of hydrogen-bond acceptors (Lipinski definition) is 5. The summed E-state index contributed by atoms with van der Waals surface area (Å²) in [5, 5.41) is 4.02. The van der Waals surface area contributed by atoms with Crippen LogP contribution in [0.1, 0.15) is 43.3 Å². The van der Waals surface area contributed by atoms with Gasteiger partial charge in [0.1, 0.15) is 0 Å². The first-order chi connectivity index (χ1) is 9.79. The van der Waals surface area contributed by atoms with Crippen molar-refractivity contribution in [1.82, 2.24) is 5.06 Å². The Morgan fingerprint density at radius 3 is 2.43 bits per heavy atom. The third-order valence-corrected chi connectivity index (χ3v) is 4.85. The first-order valence-electron chi connectivity index (χ1n) is 7.03. The van der Waals surface area contributed by atoms with Crippen molar-refractivity contribution in [2.24, 2.45) is 11.3 Å². The van der Waals surface area contributed by atoms with Crippen LogP contribution in [0.4, 0.5) is 0 Å². The van der Waals surface area contributed by atoms with Gasteiger partial charge in [0.15, 0.2) is 5.78 Å². The SMILES string of the molecule is CC(C)(C)C(=O)ON1CCC(C(=O)c2sccc2Cl)CC1. The highest BCUT2D eigenvalue weighted by Gasteiger charge is 2.31. The van der Waals surface area contributed by atoms with Gasteiger partial charge in [-0.1, -0.05) is 11.6 Å². The summed E-state index contributed by atoms with van der Waals surface area (Å²) in [6.07, 6.45) is 1.37. The molecule has 1 saturated heterocycles. The molecule has 21 heavy (non-hydrogen) atoms. The fourth-order valence-electron chi connectivity index (χ4n) is 2.12. The fourth-order valence-corrected chi connectivity index (χ4v) is 3.29. The Morgan fingerprint density at radius 1 is 1.33 bits per heavy atom. The second kappa shape index (κ2) is 6.46. The summed E-state index contributed by atoms with van der Waals surface area (Å²) in [7, 11) is 0. The van der Waals surface area contributed by atoms with Crippen LogP contribution in [0.2, 0.25) is 5.02 Å². The average Bonchev–Trinajstić information content (AvgIpc) is 2.84. The minimum atomic E-state index is -0.517. The highest BCUT2D eigenvalue weighted by Crippen LogP contribution is 2.29. The van der Waals surface area contributed by atoms with Crippen molar-refractivity contribution in [3.05, 3.63) is 21.3 Å². The lowest BCUT2D eigenvalue weighted by molar-refractivity contribution is -0.205. The maximum Gasteiger partial charge on any atom is 0.330 e. The third-order valence-electron chi connectivity index (χ3n) is 3.49. The molecule has 2 heterocycles. The zero-order valence-electron chi connectivity index (χ0n) is 12.5. The largest absolute Gasteiger partial charge is 0.367 e. The molecule has 0 saturated carbocycles. The third kappa shape index (κ3) is 4.05. The molecule has 0 radical (unpaired) electrons. The van der Waals surface area contributed by atoms with Gasteiger partial charge in [-0.3, -0.25) is 4.79 Å². The van der Waals surface area contributed by atoms with E-state index in [9.17, 15) is 9.59 Å². The Bertz CT molecular complexity index is 527. The van der Waals surface area contributed by atoms with E-state index >= 15 is 0 Å². The van der Waals surface area contributed by atoms with Gasteiger partial charge in [0.2, 0.25) is 0 Å². The predicted octanol–water partition coefficient (Wildman–Crippen LogP) is 3.80. The number of ketones is 1. The molecule has 4 nitrogen and oxygen atoms in total. The Hall–Kier alpha value is -0.910. The monoisotopic (exact) mass is 329 g/mol. The van der Waals surface area contributed by atoms with Gasteiger partial charge in [-0.15, -0.1) is 16.4 Å². The zero-order chi connectivity index (χ0) is 15.6. The summed E-state index contributed by atoms with van der Waals surface area (Å²) >= 11 is 7.40. The standard InChI is InChI=1S/C15H20ClNO3S/c1-15(2,3)14(19)20-17-7-4-10(5-8-17)12(18)13-11(16)6-9-21-13/h6,9-10H,4-5,7-8H2,1-3H3. The average molecular weight is 330 g/mol. The zero-order valence-corrected chi connectivity index (χ0v) is 14.1. The number of hydrogen-bond donors (Lipinski definition) is 0. The maximum absolute atomic E-state index is 12.4. The van der Waals surface area contributed by atoms with Crippen molar-refractivity contribution in [1.29, 1.82) is 0 Å². The number of carbonyl (C=O) groups excluding carboxylic acids is 2. The molecule has 0 unspecified atom stereocenters. The van der Waals surface area contributed by atoms with Crippen LogP contribution in [-0.2, 0) is 9.63 Å². The van der Waals surface area contributed by atoms with Crippen molar-refractivity contribution in [2.45, 2.75) is 33.6 Å². The number of rotatable bonds is 3. The summed E-state index contributed by atoms with van der Waals surface area (Å²) < 4.78 is 0. The molecular formula is C15H20ClNO3S. The molecule has 0 aliphatic carbocycles. The number of halogens is 1. The van der Waals surface area contributed by atoms with E-state index in [0.29, 0.717) is 35.8 Å². The van der Waals surface area contributed by atoms with Crippen molar-refractivity contribution in [2.75, 3.05) is 13.1 Å². The van der Waals surface area contributed by atoms with Crippen molar-refractivity contribution < 1.29 is 14.4 Å². The maximum atomic E-state index is 12.4. The second-order valence-electron chi connectivity index (χ2n) is 6.29. The summed E-state index contributed by atoms with van der Waals surface area (Å²) in [5.41, 5.74) is -0.517. The topological polar surface area (TPSA) is 46.6 Å². The molecule has 1 aromatic rings. The molecule has 0 atom stereocenters. The van der Waals surface area contributed by atoms with E-state index in [4.69, 9.17) is 16.4 Å². The number of nitrogens with zero attached hydrogens (tertiary/aromatic N) is 1. The predicted molar refractivity (Wildman–Crippen MR) is 83.5 cm³/mol. The van der Waals surface area contributed by atoms with Crippen LogP contribution in [0.5, 0.6) is 0 Å². The number of carbonyl (C=O) groups is 2. The summed E-state index contributed by atoms with van der Waals surface area (Å²) in [5.74, 6) is -0.170. The van der Waals surface area contributed by atoms with Crippen molar-refractivity contribution in [3.63, 3.8) is 0 Å². The first kappa shape index (κ1) is 16.5. The highest BCUT2D eigenvalue weighted by molar-refractivity contribution is 7.12. The number of hydroxylamine groups is 2. The van der Waals surface area contributed by atoms with Gasteiger partial charge < -0.3 is 4.84 Å². The van der Waals surface area contributed by atoms with Crippen LogP contribution < -0.4 is 0 Å². The Labute approximate surface area is 134 Å². The lowest BCUT2D eigenvalue weighted by atomic mass is 9.92. The van der Waals surface area contributed by atoms with Gasteiger partial charge in [0.05, 0.1) is 15.3 Å². The van der Waals surface area contributed by atoms with Crippen LogP contribution in [0, 0.1) is 11.3 Å². The van der Waals surface area contributed by atoms with E-state index in [1.165, 1.54) is 11.3 Å². The molecule has 0 N–H and O–H groups in total. The molecule has 1 aliphatic heterocycles. The van der Waals surface area contributed by atoms with Gasteiger partial charge in [0, 0.05) is 19.0 Å². The second-order valence-corrected chi connectivity index (χ2v) is 7.62. The molecule has 116 valence electrons. The van der Waals surface area contributed by atoms with E-state index < -0.39 is 5.41 Å². The normalized spacial score (nSPS) is 17.7. The molecule has 6 heteroatoms. The van der Waals surface area contributed by atoms with E-state index in [-0.39, 0.29) is 17.7 Å². The van der Waals surface area contributed by atoms with Crippen LogP contribution >= 0.6 is 22.9 Å². The lowest BCUT2D eigenvalue weighted by Gasteiger charge is -2.31. The quantitative estimate of drug-likeness (QED) is 0.791. The first-order valence-corrected chi connectivity index (χ1v) is 8.29. The lowest BCUT2D eigenvalue weighted by Crippen LogP contribution is -2.40. The number of piperidine rings is 1. The van der Waals surface area contributed by atoms with Crippen molar-refractivity contribution >= 4 is 34.7 Å². The van der Waals surface area contributed by atoms with Gasteiger partial charge in [-0.05, 0) is 45.1 Å². The van der Waals surface area contributed by atoms with E-state index in [2.05, 4.69) is 0 Å². The summed E-state index contributed by atoms with van der Waals surface area (Å²) in [4.78, 5) is 30.2. The van der Waals surface area contributed by atoms with Gasteiger partial charge in [-0.2, -0.15) is 0 Å². The van der Waals surface area contributed by atoms with E-state index in [1.807, 2.05) is 26.2 Å². The Morgan fingerprint density at radius 2 is 1.95 bits per heavy atom. The Balaban J connectivity index is 1.88. The molecule has 0 aromatic carbocycles. The van der Waals surface area contributed by atoms with Crippen molar-refractivity contribution in [3.8, 4) is 0 Å². The molecule has 0 amide bonds. The highest BCUT2D eigenvalue weighted by atomic mass is 35.5. The summed E-state index contributed by atoms with van der Waals surface area (Å²) in [6, 6.07) is 1.75. The Kier molecular flexibility index (Phi) is 5.07. The van der Waals surface area contributed by atoms with Gasteiger partial charge >= 0.3 is 5.97 Å². The molecule has 0 spiro atoms. The molecule has 2 rings (SSSR count). The number of Topliss-reactive ketones (excluding diaryl/α,β-unsaturated/α-hetero) is 1. The molecule has 1 aliphatic rings. The van der Waals surface area contributed by atoms with Crippen LogP contribution in [-0.4, -0.2) is 29.9 Å². The molecular weight excluding hydrogens is 310 g/mol. The molecule has 1 aromatic heterocycles. The number of thiophene rings is 1. The fraction of sp³-hybridized carbons (Fsp3) is 0.600. The molecule has 0 bridgehead atoms. The van der Waals surface area contributed by atoms with Crippen LogP contribution in [0.3, 0.4) is 0 Å². The summed E-state index contributed by atoms with van der Waals surface area (Å²) in [6.45, 7) is 6.64. The van der Waals surface area contributed by atoms with E-state index in [1.54, 1.807) is 11.1 Å². The van der Waals surface area contributed by atoms with Gasteiger partial charge in [0.25, 0.3) is 0 Å². The minimum Gasteiger partial charge on any atom is -0.367 e. The van der Waals surface area contributed by atoms with Gasteiger partial charge in [-0.25, -0.2) is 4.79 Å². The minimum absolute atomic E-state index is 0.0364. The van der Waals surface area contributed by atoms with E-state index in [0.717, 1.165) is 0 Å². The van der Waals surface area contributed by atoms with Crippen LogP contribution in [0.15, 0.2) is 11.4 Å². The molecule has 1 fully saturated rings. The van der Waals surface area contributed by atoms with Crippen LogP contribution in [0.25, 0.3) is 0 Å².